The number of ether oxygens (including phenoxy) is 1. The Morgan fingerprint density at radius 3 is 2.09 bits per heavy atom. The van der Waals surface area contributed by atoms with E-state index in [4.69, 9.17) is 4.74 Å². The Balaban J connectivity index is 1.79. The molecule has 188 valence electrons. The number of hydrogen-bond donors (Lipinski definition) is 1. The van der Waals surface area contributed by atoms with E-state index in [-0.39, 0.29) is 36.9 Å². The summed E-state index contributed by atoms with van der Waals surface area (Å²) in [5, 5.41) is 2.74. The molecule has 1 N–H and O–H groups in total. The highest BCUT2D eigenvalue weighted by Gasteiger charge is 2.18. The third-order valence-electron chi connectivity index (χ3n) is 4.96. The maximum absolute atomic E-state index is 12.3. The summed E-state index contributed by atoms with van der Waals surface area (Å²) >= 11 is 0. The van der Waals surface area contributed by atoms with Crippen LogP contribution >= 0.6 is 0 Å². The number of rotatable bonds is 12. The number of sulfonamides is 2. The summed E-state index contributed by atoms with van der Waals surface area (Å²) < 4.78 is 56.7. The zero-order valence-electron chi connectivity index (χ0n) is 20.2. The highest BCUT2D eigenvalue weighted by atomic mass is 32.2. The fraction of sp³-hybridized carbons (Fsp3) is 0.435. The Morgan fingerprint density at radius 1 is 0.971 bits per heavy atom. The van der Waals surface area contributed by atoms with Crippen LogP contribution in [0.15, 0.2) is 47.4 Å². The van der Waals surface area contributed by atoms with E-state index in [2.05, 4.69) is 5.32 Å². The molecule has 0 aliphatic heterocycles. The number of nitrogens with zero attached hydrogens (tertiary/aromatic N) is 2. The van der Waals surface area contributed by atoms with Crippen molar-refractivity contribution in [3.05, 3.63) is 53.6 Å². The maximum atomic E-state index is 12.3. The Hall–Kier alpha value is -2.63. The smallest absolute Gasteiger partial charge is 0.242 e. The van der Waals surface area contributed by atoms with Gasteiger partial charge in [0.15, 0.2) is 0 Å². The second-order valence-corrected chi connectivity index (χ2v) is 12.3. The van der Waals surface area contributed by atoms with Crippen LogP contribution in [0.5, 0.6) is 5.75 Å². The van der Waals surface area contributed by atoms with Gasteiger partial charge >= 0.3 is 0 Å². The summed E-state index contributed by atoms with van der Waals surface area (Å²) in [5.74, 6) is 0.286. The number of nitrogens with one attached hydrogen (secondary N) is 1. The van der Waals surface area contributed by atoms with E-state index in [0.29, 0.717) is 17.9 Å². The fourth-order valence-corrected chi connectivity index (χ4v) is 5.18. The van der Waals surface area contributed by atoms with E-state index in [0.717, 1.165) is 21.7 Å². The van der Waals surface area contributed by atoms with E-state index >= 15 is 0 Å². The van der Waals surface area contributed by atoms with Crippen LogP contribution < -0.4 is 14.4 Å². The standard InChI is InChI=1S/C23H33N3O6S2/c1-18-15-19(2)17-20(16-18)26(33(5,28)29)13-6-7-23(27)24-12-14-32-21-8-10-22(11-9-21)34(30,31)25(3)4/h8-11,15-17H,6-7,12-14H2,1-5H3,(H,24,27). The van der Waals surface area contributed by atoms with Gasteiger partial charge in [0, 0.05) is 27.1 Å². The van der Waals surface area contributed by atoms with Gasteiger partial charge in [-0.25, -0.2) is 21.1 Å². The molecule has 1 amide bonds. The molecule has 2 aromatic carbocycles. The van der Waals surface area contributed by atoms with Gasteiger partial charge in [0.05, 0.1) is 23.4 Å². The molecule has 0 fully saturated rings. The number of amides is 1. The SMILES string of the molecule is Cc1cc(C)cc(N(CCCC(=O)NCCOc2ccc(S(=O)(=O)N(C)C)cc2)S(C)(=O)=O)c1. The number of aryl methyl sites for hydroxylation is 2. The van der Waals surface area contributed by atoms with Crippen molar-refractivity contribution in [2.24, 2.45) is 0 Å². The Bertz CT molecular complexity index is 1170. The van der Waals surface area contributed by atoms with Crippen molar-refractivity contribution in [3.8, 4) is 5.75 Å². The minimum absolute atomic E-state index is 0.169. The van der Waals surface area contributed by atoms with E-state index in [1.54, 1.807) is 12.1 Å². The molecule has 0 spiro atoms. The molecule has 0 aromatic heterocycles. The second kappa shape index (κ2) is 11.7. The number of benzene rings is 2. The normalized spacial score (nSPS) is 11.9. The number of carbonyl (C=O) groups excluding carboxylic acids is 1. The molecule has 2 aromatic rings. The van der Waals surface area contributed by atoms with Crippen molar-refractivity contribution in [1.29, 1.82) is 0 Å². The summed E-state index contributed by atoms with van der Waals surface area (Å²) in [7, 11) is -4.05. The molecular formula is C23H33N3O6S2. The zero-order valence-corrected chi connectivity index (χ0v) is 21.9. The van der Waals surface area contributed by atoms with Crippen LogP contribution in [0.2, 0.25) is 0 Å². The number of carbonyl (C=O) groups is 1. The van der Waals surface area contributed by atoms with Gasteiger partial charge in [-0.15, -0.1) is 0 Å². The molecule has 0 saturated carbocycles. The first-order valence-corrected chi connectivity index (χ1v) is 14.1. The van der Waals surface area contributed by atoms with Crippen molar-refractivity contribution >= 4 is 31.6 Å². The quantitative estimate of drug-likeness (QED) is 0.438. The zero-order chi connectivity index (χ0) is 25.5. The highest BCUT2D eigenvalue weighted by Crippen LogP contribution is 2.22. The first-order valence-electron chi connectivity index (χ1n) is 10.8. The van der Waals surface area contributed by atoms with E-state index in [9.17, 15) is 21.6 Å². The molecular weight excluding hydrogens is 478 g/mol. The van der Waals surface area contributed by atoms with Crippen LogP contribution in [0, 0.1) is 13.8 Å². The van der Waals surface area contributed by atoms with E-state index < -0.39 is 20.0 Å². The molecule has 0 atom stereocenters. The third kappa shape index (κ3) is 8.00. The van der Waals surface area contributed by atoms with Gasteiger partial charge in [-0.1, -0.05) is 6.07 Å². The lowest BCUT2D eigenvalue weighted by atomic mass is 10.1. The van der Waals surface area contributed by atoms with E-state index in [1.165, 1.54) is 30.5 Å². The molecule has 0 aliphatic rings. The molecule has 2 rings (SSSR count). The summed E-state index contributed by atoms with van der Waals surface area (Å²) in [6.07, 6.45) is 1.70. The fourth-order valence-electron chi connectivity index (χ4n) is 3.33. The average molecular weight is 512 g/mol. The lowest BCUT2D eigenvalue weighted by Gasteiger charge is -2.23. The summed E-state index contributed by atoms with van der Waals surface area (Å²) in [4.78, 5) is 12.3. The molecule has 0 saturated heterocycles. The molecule has 0 aliphatic carbocycles. The van der Waals surface area contributed by atoms with Gasteiger partial charge in [-0.05, 0) is 67.8 Å². The Morgan fingerprint density at radius 2 is 1.56 bits per heavy atom. The Kier molecular flexibility index (Phi) is 9.48. The van der Waals surface area contributed by atoms with E-state index in [1.807, 2.05) is 32.0 Å². The van der Waals surface area contributed by atoms with Crippen LogP contribution in [0.25, 0.3) is 0 Å². The van der Waals surface area contributed by atoms with Crippen molar-refractivity contribution in [3.63, 3.8) is 0 Å². The van der Waals surface area contributed by atoms with Crippen LogP contribution in [-0.2, 0) is 24.8 Å². The molecule has 34 heavy (non-hydrogen) atoms. The second-order valence-electron chi connectivity index (χ2n) is 8.24. The van der Waals surface area contributed by atoms with Crippen LogP contribution in [-0.4, -0.2) is 67.1 Å². The number of anilines is 1. The molecule has 11 heteroatoms. The van der Waals surface area contributed by atoms with Crippen LogP contribution in [0.3, 0.4) is 0 Å². The first kappa shape index (κ1) is 27.6. The number of hydrogen-bond acceptors (Lipinski definition) is 6. The topological polar surface area (TPSA) is 113 Å². The molecule has 0 bridgehead atoms. The summed E-state index contributed by atoms with van der Waals surface area (Å²) in [5.41, 5.74) is 2.53. The van der Waals surface area contributed by atoms with Gasteiger partial charge in [0.25, 0.3) is 0 Å². The van der Waals surface area contributed by atoms with Gasteiger partial charge in [0.2, 0.25) is 26.0 Å². The molecule has 0 heterocycles. The van der Waals surface area contributed by atoms with Crippen LogP contribution in [0.4, 0.5) is 5.69 Å². The molecule has 0 unspecified atom stereocenters. The lowest BCUT2D eigenvalue weighted by Crippen LogP contribution is -2.33. The van der Waals surface area contributed by atoms with Gasteiger partial charge in [-0.3, -0.25) is 9.10 Å². The molecule has 0 radical (unpaired) electrons. The minimum Gasteiger partial charge on any atom is -0.492 e. The predicted octanol–water partition coefficient (Wildman–Crippen LogP) is 2.30. The lowest BCUT2D eigenvalue weighted by molar-refractivity contribution is -0.121. The monoisotopic (exact) mass is 511 g/mol. The van der Waals surface area contributed by atoms with Gasteiger partial charge in [0.1, 0.15) is 12.4 Å². The van der Waals surface area contributed by atoms with Crippen molar-refractivity contribution in [2.45, 2.75) is 31.6 Å². The van der Waals surface area contributed by atoms with Gasteiger partial charge < -0.3 is 10.1 Å². The largest absolute Gasteiger partial charge is 0.492 e. The van der Waals surface area contributed by atoms with Crippen LogP contribution in [0.1, 0.15) is 24.0 Å². The maximum Gasteiger partial charge on any atom is 0.242 e. The average Bonchev–Trinajstić information content (AvgIpc) is 2.73. The van der Waals surface area contributed by atoms with Crippen molar-refractivity contribution in [1.82, 2.24) is 9.62 Å². The first-order chi connectivity index (χ1) is 15.8. The third-order valence-corrected chi connectivity index (χ3v) is 7.98. The molecule has 9 nitrogen and oxygen atoms in total. The Labute approximate surface area is 202 Å². The van der Waals surface area contributed by atoms with Crippen molar-refractivity contribution in [2.75, 3.05) is 44.4 Å². The summed E-state index contributed by atoms with van der Waals surface area (Å²) in [6.45, 7) is 4.50. The predicted molar refractivity (Wildman–Crippen MR) is 133 cm³/mol. The van der Waals surface area contributed by atoms with Crippen molar-refractivity contribution < 1.29 is 26.4 Å². The summed E-state index contributed by atoms with van der Waals surface area (Å²) in [6, 6.07) is 11.6. The highest BCUT2D eigenvalue weighted by molar-refractivity contribution is 7.92. The minimum atomic E-state index is -3.50. The van der Waals surface area contributed by atoms with Gasteiger partial charge in [-0.2, -0.15) is 0 Å².